The van der Waals surface area contributed by atoms with Crippen LogP contribution in [0.25, 0.3) is 22.3 Å². The van der Waals surface area contributed by atoms with E-state index in [1.807, 2.05) is 0 Å². The molecule has 0 fully saturated rings. The Hall–Kier alpha value is -2.91. The third-order valence-corrected chi connectivity index (χ3v) is 3.65. The van der Waals surface area contributed by atoms with Gasteiger partial charge in [-0.2, -0.15) is 22.0 Å². The van der Waals surface area contributed by atoms with Crippen LogP contribution in [-0.4, -0.2) is 26.6 Å². The highest BCUT2D eigenvalue weighted by Gasteiger charge is 2.57. The molecular weight excluding hydrogens is 364 g/mol. The number of hydrogen-bond donors (Lipinski definition) is 0. The second kappa shape index (κ2) is 6.11. The predicted octanol–water partition coefficient (Wildman–Crippen LogP) is 3.80. The van der Waals surface area contributed by atoms with Crippen molar-refractivity contribution in [2.75, 3.05) is 0 Å². The minimum atomic E-state index is -5.81. The molecule has 0 radical (unpaired) electrons. The van der Waals surface area contributed by atoms with E-state index in [1.54, 1.807) is 0 Å². The molecule has 0 saturated carbocycles. The maximum Gasteiger partial charge on any atom is 0.455 e. The molecular formula is C16H9F6N3O. The summed E-state index contributed by atoms with van der Waals surface area (Å²) in [6.07, 6.45) is -3.55. The van der Waals surface area contributed by atoms with E-state index in [4.69, 9.17) is 0 Å². The van der Waals surface area contributed by atoms with Crippen LogP contribution in [0.15, 0.2) is 47.5 Å². The van der Waals surface area contributed by atoms with Crippen molar-refractivity contribution < 1.29 is 26.3 Å². The van der Waals surface area contributed by atoms with Crippen molar-refractivity contribution in [1.29, 1.82) is 0 Å². The van der Waals surface area contributed by atoms with Gasteiger partial charge in [0.15, 0.2) is 5.82 Å². The molecule has 0 saturated heterocycles. The van der Waals surface area contributed by atoms with Gasteiger partial charge in [-0.05, 0) is 24.3 Å². The van der Waals surface area contributed by atoms with Crippen LogP contribution in [0.2, 0.25) is 0 Å². The number of hydrogen-bond acceptors (Lipinski definition) is 3. The topological polar surface area (TPSA) is 47.8 Å². The fraction of sp³-hybridized carbons (Fsp3) is 0.188. The van der Waals surface area contributed by atoms with Crippen LogP contribution in [0.3, 0.4) is 0 Å². The van der Waals surface area contributed by atoms with E-state index < -0.39 is 30.0 Å². The zero-order valence-electron chi connectivity index (χ0n) is 12.8. The average Bonchev–Trinajstić information content (AvgIpc) is 2.56. The Bertz CT molecular complexity index is 1030. The van der Waals surface area contributed by atoms with E-state index in [1.165, 1.54) is 24.4 Å². The van der Waals surface area contributed by atoms with Gasteiger partial charge in [-0.3, -0.25) is 14.8 Å². The normalized spacial score (nSPS) is 12.5. The molecule has 0 spiro atoms. The highest BCUT2D eigenvalue weighted by Crippen LogP contribution is 2.37. The SMILES string of the molecule is O=c1ccc2cc(-c3ncccc3F)ncc2n1CC(F)(F)C(F)(F)F. The average molecular weight is 373 g/mol. The number of aromatic nitrogens is 3. The summed E-state index contributed by atoms with van der Waals surface area (Å²) in [4.78, 5) is 19.5. The van der Waals surface area contributed by atoms with Gasteiger partial charge in [0.25, 0.3) is 5.56 Å². The molecule has 0 aliphatic rings. The molecule has 3 heterocycles. The molecule has 3 aromatic rings. The predicted molar refractivity (Wildman–Crippen MR) is 80.2 cm³/mol. The molecule has 0 N–H and O–H groups in total. The lowest BCUT2D eigenvalue weighted by Gasteiger charge is -2.21. The largest absolute Gasteiger partial charge is 0.455 e. The molecule has 0 aliphatic carbocycles. The van der Waals surface area contributed by atoms with Crippen LogP contribution in [0, 0.1) is 5.82 Å². The first-order chi connectivity index (χ1) is 12.1. The van der Waals surface area contributed by atoms with Crippen molar-refractivity contribution in [2.45, 2.75) is 18.6 Å². The first-order valence-electron chi connectivity index (χ1n) is 7.15. The van der Waals surface area contributed by atoms with Gasteiger partial charge in [0.1, 0.15) is 5.69 Å². The lowest BCUT2D eigenvalue weighted by atomic mass is 10.1. The molecule has 0 aromatic carbocycles. The number of nitrogens with zero attached hydrogens (tertiary/aromatic N) is 3. The van der Waals surface area contributed by atoms with Gasteiger partial charge in [-0.1, -0.05) is 0 Å². The molecule has 10 heteroatoms. The Morgan fingerprint density at radius 2 is 1.77 bits per heavy atom. The van der Waals surface area contributed by atoms with Gasteiger partial charge in [0.2, 0.25) is 0 Å². The molecule has 4 nitrogen and oxygen atoms in total. The quantitative estimate of drug-likeness (QED) is 0.657. The standard InChI is InChI=1S/C16H9F6N3O/c17-10-2-1-5-23-14(10)11-6-9-3-4-13(26)25(12(9)7-24-11)8-15(18,19)16(20,21)22/h1-7H,8H2. The lowest BCUT2D eigenvalue weighted by Crippen LogP contribution is -2.42. The van der Waals surface area contributed by atoms with E-state index in [0.29, 0.717) is 0 Å². The van der Waals surface area contributed by atoms with Crippen LogP contribution in [-0.2, 0) is 6.54 Å². The Morgan fingerprint density at radius 3 is 2.42 bits per heavy atom. The van der Waals surface area contributed by atoms with Gasteiger partial charge in [0.05, 0.1) is 24.0 Å². The summed E-state index contributed by atoms with van der Waals surface area (Å²) in [6.45, 7) is -1.88. The molecule has 136 valence electrons. The molecule has 0 amide bonds. The van der Waals surface area contributed by atoms with Gasteiger partial charge in [-0.25, -0.2) is 4.39 Å². The summed E-state index contributed by atoms with van der Waals surface area (Å²) in [7, 11) is 0. The fourth-order valence-electron chi connectivity index (χ4n) is 2.35. The van der Waals surface area contributed by atoms with Crippen molar-refractivity contribution in [1.82, 2.24) is 14.5 Å². The van der Waals surface area contributed by atoms with E-state index >= 15 is 0 Å². The highest BCUT2D eigenvalue weighted by atomic mass is 19.4. The van der Waals surface area contributed by atoms with Crippen LogP contribution < -0.4 is 5.56 Å². The molecule has 26 heavy (non-hydrogen) atoms. The molecule has 3 aromatic heterocycles. The highest BCUT2D eigenvalue weighted by molar-refractivity contribution is 5.82. The maximum absolute atomic E-state index is 13.8. The van der Waals surface area contributed by atoms with Crippen molar-refractivity contribution in [3.63, 3.8) is 0 Å². The van der Waals surface area contributed by atoms with E-state index in [2.05, 4.69) is 9.97 Å². The molecule has 3 rings (SSSR count). The van der Waals surface area contributed by atoms with Gasteiger partial charge in [-0.15, -0.1) is 0 Å². The van der Waals surface area contributed by atoms with Crippen LogP contribution >= 0.6 is 0 Å². The zero-order chi connectivity index (χ0) is 19.1. The van der Waals surface area contributed by atoms with E-state index in [9.17, 15) is 31.1 Å². The third-order valence-electron chi connectivity index (χ3n) is 3.65. The van der Waals surface area contributed by atoms with E-state index in [-0.39, 0.29) is 26.9 Å². The molecule has 0 unspecified atom stereocenters. The fourth-order valence-corrected chi connectivity index (χ4v) is 2.35. The van der Waals surface area contributed by atoms with Gasteiger partial charge >= 0.3 is 12.1 Å². The summed E-state index contributed by atoms with van der Waals surface area (Å²) in [5, 5.41) is 0.137. The maximum atomic E-state index is 13.8. The second-order valence-electron chi connectivity index (χ2n) is 5.42. The summed E-state index contributed by atoms with van der Waals surface area (Å²) >= 11 is 0. The summed E-state index contributed by atoms with van der Waals surface area (Å²) in [5.41, 5.74) is -1.35. The first kappa shape index (κ1) is 17.9. The number of pyridine rings is 3. The molecule has 0 bridgehead atoms. The van der Waals surface area contributed by atoms with Gasteiger partial charge < -0.3 is 4.57 Å². The van der Waals surface area contributed by atoms with Crippen molar-refractivity contribution >= 4 is 10.9 Å². The minimum absolute atomic E-state index is 0.0448. The number of alkyl halides is 5. The smallest absolute Gasteiger partial charge is 0.300 e. The van der Waals surface area contributed by atoms with Crippen LogP contribution in [0.4, 0.5) is 26.3 Å². The Morgan fingerprint density at radius 1 is 1.04 bits per heavy atom. The zero-order valence-corrected chi connectivity index (χ0v) is 12.8. The monoisotopic (exact) mass is 373 g/mol. The number of rotatable bonds is 3. The molecule has 0 atom stereocenters. The number of fused-ring (bicyclic) bond motifs is 1. The summed E-state index contributed by atoms with van der Waals surface area (Å²) in [5.74, 6) is -5.78. The minimum Gasteiger partial charge on any atom is -0.300 e. The Balaban J connectivity index is 2.13. The third kappa shape index (κ3) is 3.14. The van der Waals surface area contributed by atoms with Crippen molar-refractivity contribution in [2.24, 2.45) is 0 Å². The second-order valence-corrected chi connectivity index (χ2v) is 5.42. The Labute approximate surface area is 141 Å². The van der Waals surface area contributed by atoms with Gasteiger partial charge in [0, 0.05) is 17.6 Å². The molecule has 0 aliphatic heterocycles. The van der Waals surface area contributed by atoms with Crippen LogP contribution in [0.5, 0.6) is 0 Å². The van der Waals surface area contributed by atoms with E-state index in [0.717, 1.165) is 18.3 Å². The summed E-state index contributed by atoms with van der Waals surface area (Å²) < 4.78 is 78.1. The first-order valence-corrected chi connectivity index (χ1v) is 7.15. The van der Waals surface area contributed by atoms with Crippen molar-refractivity contribution in [3.8, 4) is 11.4 Å². The lowest BCUT2D eigenvalue weighted by molar-refractivity contribution is -0.286. The van der Waals surface area contributed by atoms with Crippen molar-refractivity contribution in [3.05, 3.63) is 58.9 Å². The summed E-state index contributed by atoms with van der Waals surface area (Å²) in [6, 6.07) is 5.83. The van der Waals surface area contributed by atoms with Crippen LogP contribution in [0.1, 0.15) is 0 Å². The Kier molecular flexibility index (Phi) is 4.21. The number of halogens is 6.